The second kappa shape index (κ2) is 8.24. The Hall–Kier alpha value is -0.980. The first kappa shape index (κ1) is 16.1. The van der Waals surface area contributed by atoms with Gasteiger partial charge >= 0.3 is 5.97 Å². The van der Waals surface area contributed by atoms with E-state index in [2.05, 4.69) is 10.3 Å². The number of hydrogen-bond acceptors (Lipinski definition) is 4. The number of amides is 1. The van der Waals surface area contributed by atoms with Crippen LogP contribution in [-0.4, -0.2) is 34.3 Å². The van der Waals surface area contributed by atoms with Crippen molar-refractivity contribution in [3.63, 3.8) is 0 Å². The molecule has 0 radical (unpaired) electrons. The molecule has 0 spiro atoms. The van der Waals surface area contributed by atoms with E-state index in [1.807, 2.05) is 0 Å². The summed E-state index contributed by atoms with van der Waals surface area (Å²) in [5.74, 6) is 0.145. The minimum Gasteiger partial charge on any atom is -0.480 e. The molecule has 104 valence electrons. The Kier molecular flexibility index (Phi) is 6.97. The Morgan fingerprint density at radius 1 is 1.58 bits per heavy atom. The predicted molar refractivity (Wildman–Crippen MR) is 75.7 cm³/mol. The van der Waals surface area contributed by atoms with Crippen molar-refractivity contribution in [1.82, 2.24) is 10.3 Å². The monoisotopic (exact) mass is 322 g/mol. The summed E-state index contributed by atoms with van der Waals surface area (Å²) in [5, 5.41) is 11.9. The van der Waals surface area contributed by atoms with E-state index in [4.69, 9.17) is 28.3 Å². The number of carbonyl (C=O) groups excluding carboxylic acids is 1. The van der Waals surface area contributed by atoms with Gasteiger partial charge in [0.1, 0.15) is 11.2 Å². The Bertz CT molecular complexity index is 460. The van der Waals surface area contributed by atoms with Gasteiger partial charge in [-0.3, -0.25) is 4.79 Å². The maximum Gasteiger partial charge on any atom is 0.326 e. The Labute approximate surface area is 124 Å². The average Bonchev–Trinajstić information content (AvgIpc) is 2.35. The van der Waals surface area contributed by atoms with Crippen LogP contribution in [0.1, 0.15) is 12.0 Å². The molecule has 1 aromatic heterocycles. The van der Waals surface area contributed by atoms with Crippen LogP contribution in [-0.2, 0) is 15.3 Å². The van der Waals surface area contributed by atoms with Gasteiger partial charge in [0.05, 0.1) is 0 Å². The lowest BCUT2D eigenvalue weighted by molar-refractivity contribution is -0.140. The highest BCUT2D eigenvalue weighted by Crippen LogP contribution is 2.23. The van der Waals surface area contributed by atoms with Crippen molar-refractivity contribution >= 4 is 47.3 Å². The molecule has 1 rings (SSSR count). The maximum absolute atomic E-state index is 10.8. The van der Waals surface area contributed by atoms with E-state index < -0.39 is 12.0 Å². The van der Waals surface area contributed by atoms with Gasteiger partial charge in [-0.25, -0.2) is 9.78 Å². The van der Waals surface area contributed by atoms with Crippen LogP contribution in [0.3, 0.4) is 0 Å². The Morgan fingerprint density at radius 2 is 2.32 bits per heavy atom. The smallest absolute Gasteiger partial charge is 0.326 e. The van der Waals surface area contributed by atoms with Crippen LogP contribution in [0.4, 0.5) is 0 Å². The number of pyridine rings is 1. The van der Waals surface area contributed by atoms with Gasteiger partial charge in [-0.1, -0.05) is 23.2 Å². The molecular formula is C11H12Cl2N2O3S. The van der Waals surface area contributed by atoms with E-state index in [0.29, 0.717) is 34.5 Å². The summed E-state index contributed by atoms with van der Waals surface area (Å²) in [5.41, 5.74) is 0.839. The van der Waals surface area contributed by atoms with Gasteiger partial charge in [-0.05, 0) is 23.8 Å². The lowest BCUT2D eigenvalue weighted by Gasteiger charge is -2.10. The van der Waals surface area contributed by atoms with Gasteiger partial charge in [-0.15, -0.1) is 0 Å². The molecule has 0 saturated heterocycles. The van der Waals surface area contributed by atoms with Crippen LogP contribution in [0.15, 0.2) is 12.3 Å². The Morgan fingerprint density at radius 3 is 2.89 bits per heavy atom. The molecule has 0 bridgehead atoms. The van der Waals surface area contributed by atoms with E-state index >= 15 is 0 Å². The van der Waals surface area contributed by atoms with Crippen molar-refractivity contribution in [1.29, 1.82) is 0 Å². The zero-order chi connectivity index (χ0) is 14.3. The SMILES string of the molecule is O=CNC(CCSCc1cnc(Cl)cc1Cl)C(=O)O. The van der Waals surface area contributed by atoms with E-state index in [1.54, 1.807) is 12.3 Å². The fraction of sp³-hybridized carbons (Fsp3) is 0.364. The van der Waals surface area contributed by atoms with Gasteiger partial charge in [0.2, 0.25) is 6.41 Å². The number of thioether (sulfide) groups is 1. The Balaban J connectivity index is 2.37. The predicted octanol–water partition coefficient (Wildman–Crippen LogP) is 2.21. The van der Waals surface area contributed by atoms with E-state index in [9.17, 15) is 9.59 Å². The third kappa shape index (κ3) is 5.67. The lowest BCUT2D eigenvalue weighted by Crippen LogP contribution is -2.36. The van der Waals surface area contributed by atoms with Crippen molar-refractivity contribution in [2.75, 3.05) is 5.75 Å². The summed E-state index contributed by atoms with van der Waals surface area (Å²) in [4.78, 5) is 24.9. The molecular weight excluding hydrogens is 311 g/mol. The first-order valence-corrected chi connectivity index (χ1v) is 7.26. The third-order valence-corrected chi connectivity index (χ3v) is 3.87. The molecule has 2 N–H and O–H groups in total. The molecule has 0 aliphatic carbocycles. The molecule has 0 aromatic carbocycles. The first-order valence-electron chi connectivity index (χ1n) is 5.34. The molecule has 0 aliphatic rings. The second-order valence-corrected chi connectivity index (χ2v) is 5.51. The molecule has 1 amide bonds. The number of aliphatic carboxylic acids is 1. The largest absolute Gasteiger partial charge is 0.480 e. The molecule has 1 aromatic rings. The number of carboxylic acid groups (broad SMARTS) is 1. The average molecular weight is 323 g/mol. The minimum atomic E-state index is -1.04. The summed E-state index contributed by atoms with van der Waals surface area (Å²) < 4.78 is 0. The fourth-order valence-corrected chi connectivity index (χ4v) is 2.79. The van der Waals surface area contributed by atoms with Crippen molar-refractivity contribution in [2.24, 2.45) is 0 Å². The molecule has 0 aliphatic heterocycles. The maximum atomic E-state index is 10.8. The number of carboxylic acids is 1. The molecule has 8 heteroatoms. The topological polar surface area (TPSA) is 79.3 Å². The lowest BCUT2D eigenvalue weighted by atomic mass is 10.2. The minimum absolute atomic E-state index is 0.333. The number of hydrogen-bond donors (Lipinski definition) is 2. The molecule has 5 nitrogen and oxygen atoms in total. The van der Waals surface area contributed by atoms with Crippen LogP contribution in [0.25, 0.3) is 0 Å². The van der Waals surface area contributed by atoms with Crippen molar-refractivity contribution in [3.05, 3.63) is 28.0 Å². The molecule has 0 fully saturated rings. The number of nitrogens with one attached hydrogen (secondary N) is 1. The van der Waals surface area contributed by atoms with Crippen molar-refractivity contribution < 1.29 is 14.7 Å². The highest BCUT2D eigenvalue weighted by atomic mass is 35.5. The van der Waals surface area contributed by atoms with Gasteiger partial charge < -0.3 is 10.4 Å². The number of rotatable bonds is 8. The summed E-state index contributed by atoms with van der Waals surface area (Å²) in [6, 6.07) is 0.705. The summed E-state index contributed by atoms with van der Waals surface area (Å²) >= 11 is 13.2. The third-order valence-electron chi connectivity index (χ3n) is 2.27. The van der Waals surface area contributed by atoms with E-state index in [0.717, 1.165) is 5.56 Å². The van der Waals surface area contributed by atoms with Gasteiger partial charge in [0.15, 0.2) is 0 Å². The zero-order valence-electron chi connectivity index (χ0n) is 9.81. The number of aromatic nitrogens is 1. The van der Waals surface area contributed by atoms with E-state index in [1.165, 1.54) is 11.8 Å². The molecule has 19 heavy (non-hydrogen) atoms. The number of nitrogens with zero attached hydrogens (tertiary/aromatic N) is 1. The van der Waals surface area contributed by atoms with Crippen LogP contribution in [0.5, 0.6) is 0 Å². The van der Waals surface area contributed by atoms with Gasteiger partial charge in [0, 0.05) is 17.0 Å². The second-order valence-electron chi connectivity index (χ2n) is 3.62. The normalized spacial score (nSPS) is 11.9. The molecule has 1 atom stereocenters. The molecule has 1 heterocycles. The summed E-state index contributed by atoms with van der Waals surface area (Å²) in [7, 11) is 0. The van der Waals surface area contributed by atoms with Crippen molar-refractivity contribution in [3.8, 4) is 0 Å². The quantitative estimate of drug-likeness (QED) is 0.436. The van der Waals surface area contributed by atoms with Crippen LogP contribution in [0, 0.1) is 0 Å². The number of halogens is 2. The van der Waals surface area contributed by atoms with E-state index in [-0.39, 0.29) is 0 Å². The van der Waals surface area contributed by atoms with Crippen LogP contribution < -0.4 is 5.32 Å². The zero-order valence-corrected chi connectivity index (χ0v) is 12.1. The summed E-state index contributed by atoms with van der Waals surface area (Å²) in [6.45, 7) is 0. The first-order chi connectivity index (χ1) is 9.04. The fourth-order valence-electron chi connectivity index (χ4n) is 1.29. The highest BCUT2D eigenvalue weighted by molar-refractivity contribution is 7.98. The van der Waals surface area contributed by atoms with Crippen molar-refractivity contribution in [2.45, 2.75) is 18.2 Å². The van der Waals surface area contributed by atoms with Gasteiger partial charge in [-0.2, -0.15) is 11.8 Å². The number of carbonyl (C=O) groups is 2. The van der Waals surface area contributed by atoms with Gasteiger partial charge in [0.25, 0.3) is 0 Å². The summed E-state index contributed by atoms with van der Waals surface area (Å²) in [6.07, 6.45) is 2.33. The molecule has 0 saturated carbocycles. The van der Waals surface area contributed by atoms with Crippen LogP contribution >= 0.6 is 35.0 Å². The standard InChI is InChI=1S/C11H12Cl2N2O3S/c12-8-3-10(13)14-4-7(8)5-19-2-1-9(11(17)18)15-6-16/h3-4,6,9H,1-2,5H2,(H,15,16)(H,17,18). The highest BCUT2D eigenvalue weighted by Gasteiger charge is 2.15. The molecule has 1 unspecified atom stereocenters. The van der Waals surface area contributed by atoms with Crippen LogP contribution in [0.2, 0.25) is 10.2 Å².